The molecule has 0 bridgehead atoms. The highest BCUT2D eigenvalue weighted by molar-refractivity contribution is 8.02. The van der Waals surface area contributed by atoms with E-state index in [2.05, 4.69) is 0 Å². The standard InChI is InChI=1S/C16H22N2OS2/c1-12-3-5-13(6-4-12)11-14(19)18-9-7-16(21-2,8-10-18)15(17)20/h3-6H,7-11H2,1-2H3,(H2,17,20). The Labute approximate surface area is 136 Å². The van der Waals surface area contributed by atoms with E-state index in [0.29, 0.717) is 11.4 Å². The molecule has 21 heavy (non-hydrogen) atoms. The fraction of sp³-hybridized carbons (Fsp3) is 0.500. The lowest BCUT2D eigenvalue weighted by Crippen LogP contribution is -2.51. The van der Waals surface area contributed by atoms with Gasteiger partial charge in [-0.15, -0.1) is 0 Å². The van der Waals surface area contributed by atoms with Crippen LogP contribution in [0.4, 0.5) is 0 Å². The molecule has 2 rings (SSSR count). The number of amides is 1. The van der Waals surface area contributed by atoms with Gasteiger partial charge in [-0.3, -0.25) is 4.79 Å². The van der Waals surface area contributed by atoms with Crippen molar-refractivity contribution in [2.75, 3.05) is 19.3 Å². The van der Waals surface area contributed by atoms with E-state index in [1.165, 1.54) is 5.56 Å². The molecule has 1 aliphatic heterocycles. The van der Waals surface area contributed by atoms with Gasteiger partial charge in [-0.2, -0.15) is 11.8 Å². The van der Waals surface area contributed by atoms with E-state index in [9.17, 15) is 4.79 Å². The highest BCUT2D eigenvalue weighted by atomic mass is 32.2. The zero-order valence-corrected chi connectivity index (χ0v) is 14.2. The Morgan fingerprint density at radius 3 is 2.38 bits per heavy atom. The topological polar surface area (TPSA) is 46.3 Å². The number of likely N-dealkylation sites (tertiary alicyclic amines) is 1. The summed E-state index contributed by atoms with van der Waals surface area (Å²) in [7, 11) is 0. The third-order valence-electron chi connectivity index (χ3n) is 4.24. The molecule has 1 saturated heterocycles. The van der Waals surface area contributed by atoms with Crippen LogP contribution < -0.4 is 5.73 Å². The first kappa shape index (κ1) is 16.3. The lowest BCUT2D eigenvalue weighted by atomic mass is 9.95. The zero-order valence-electron chi connectivity index (χ0n) is 12.6. The van der Waals surface area contributed by atoms with Crippen molar-refractivity contribution in [2.45, 2.75) is 30.9 Å². The molecule has 1 aromatic rings. The average molecular weight is 322 g/mol. The minimum Gasteiger partial charge on any atom is -0.392 e. The first-order chi connectivity index (χ1) is 9.97. The second kappa shape index (κ2) is 6.79. The summed E-state index contributed by atoms with van der Waals surface area (Å²) in [4.78, 5) is 14.9. The summed E-state index contributed by atoms with van der Waals surface area (Å²) in [5.41, 5.74) is 8.16. The van der Waals surface area contributed by atoms with Gasteiger partial charge in [-0.05, 0) is 31.6 Å². The number of thioether (sulfide) groups is 1. The van der Waals surface area contributed by atoms with Crippen LogP contribution >= 0.6 is 24.0 Å². The smallest absolute Gasteiger partial charge is 0.226 e. The maximum absolute atomic E-state index is 12.4. The Hall–Kier alpha value is -1.07. The van der Waals surface area contributed by atoms with E-state index in [-0.39, 0.29) is 10.7 Å². The molecular formula is C16H22N2OS2. The Bertz CT molecular complexity index is 520. The van der Waals surface area contributed by atoms with Crippen molar-refractivity contribution in [2.24, 2.45) is 5.73 Å². The molecule has 3 nitrogen and oxygen atoms in total. The normalized spacial score (nSPS) is 17.5. The van der Waals surface area contributed by atoms with Crippen LogP contribution in [0.3, 0.4) is 0 Å². The molecular weight excluding hydrogens is 300 g/mol. The Morgan fingerprint density at radius 2 is 1.90 bits per heavy atom. The van der Waals surface area contributed by atoms with Gasteiger partial charge in [0.2, 0.25) is 5.91 Å². The molecule has 0 radical (unpaired) electrons. The molecule has 1 aromatic carbocycles. The molecule has 0 atom stereocenters. The minimum atomic E-state index is -0.129. The van der Waals surface area contributed by atoms with Crippen molar-refractivity contribution in [1.82, 2.24) is 4.90 Å². The summed E-state index contributed by atoms with van der Waals surface area (Å²) in [6.45, 7) is 3.53. The van der Waals surface area contributed by atoms with Crippen molar-refractivity contribution >= 4 is 34.9 Å². The monoisotopic (exact) mass is 322 g/mol. The predicted molar refractivity (Wildman–Crippen MR) is 93.7 cm³/mol. The molecule has 1 amide bonds. The number of nitrogens with zero attached hydrogens (tertiary/aromatic N) is 1. The van der Waals surface area contributed by atoms with Gasteiger partial charge in [0.15, 0.2) is 0 Å². The molecule has 1 fully saturated rings. The summed E-state index contributed by atoms with van der Waals surface area (Å²) in [5.74, 6) is 0.191. The van der Waals surface area contributed by atoms with Crippen LogP contribution in [-0.4, -0.2) is 39.9 Å². The maximum atomic E-state index is 12.4. The van der Waals surface area contributed by atoms with Crippen molar-refractivity contribution in [3.63, 3.8) is 0 Å². The van der Waals surface area contributed by atoms with E-state index in [1.807, 2.05) is 42.3 Å². The van der Waals surface area contributed by atoms with Crippen LogP contribution in [0.5, 0.6) is 0 Å². The number of nitrogens with two attached hydrogens (primary N) is 1. The number of thiocarbonyl (C=S) groups is 1. The summed E-state index contributed by atoms with van der Waals surface area (Å²) in [6, 6.07) is 8.14. The lowest BCUT2D eigenvalue weighted by Gasteiger charge is -2.40. The van der Waals surface area contributed by atoms with Crippen LogP contribution in [0, 0.1) is 6.92 Å². The summed E-state index contributed by atoms with van der Waals surface area (Å²) >= 11 is 6.92. The van der Waals surface area contributed by atoms with Crippen LogP contribution in [0.25, 0.3) is 0 Å². The molecule has 5 heteroatoms. The largest absolute Gasteiger partial charge is 0.392 e. The van der Waals surface area contributed by atoms with E-state index in [0.717, 1.165) is 31.5 Å². The molecule has 1 heterocycles. The molecule has 114 valence electrons. The van der Waals surface area contributed by atoms with Gasteiger partial charge in [0.25, 0.3) is 0 Å². The Balaban J connectivity index is 1.94. The number of carbonyl (C=O) groups excluding carboxylic acids is 1. The van der Waals surface area contributed by atoms with Crippen molar-refractivity contribution in [3.05, 3.63) is 35.4 Å². The van der Waals surface area contributed by atoms with Crippen LogP contribution in [0.15, 0.2) is 24.3 Å². The number of carbonyl (C=O) groups is 1. The van der Waals surface area contributed by atoms with Crippen LogP contribution in [-0.2, 0) is 11.2 Å². The average Bonchev–Trinajstić information content (AvgIpc) is 2.49. The highest BCUT2D eigenvalue weighted by Crippen LogP contribution is 2.35. The lowest BCUT2D eigenvalue weighted by molar-refractivity contribution is -0.131. The summed E-state index contributed by atoms with van der Waals surface area (Å²) in [5, 5.41) is 0. The van der Waals surface area contributed by atoms with E-state index in [4.69, 9.17) is 18.0 Å². The molecule has 0 aromatic heterocycles. The summed E-state index contributed by atoms with van der Waals surface area (Å²) < 4.78 is -0.129. The third-order valence-corrected chi connectivity index (χ3v) is 6.17. The van der Waals surface area contributed by atoms with Gasteiger partial charge in [0.1, 0.15) is 0 Å². The van der Waals surface area contributed by atoms with E-state index < -0.39 is 0 Å². The number of piperidine rings is 1. The van der Waals surface area contributed by atoms with Crippen molar-refractivity contribution < 1.29 is 4.79 Å². The first-order valence-corrected chi connectivity index (χ1v) is 8.78. The van der Waals surface area contributed by atoms with Gasteiger partial charge in [-0.1, -0.05) is 42.0 Å². The molecule has 2 N–H and O–H groups in total. The Morgan fingerprint density at radius 1 is 1.33 bits per heavy atom. The van der Waals surface area contributed by atoms with Gasteiger partial charge in [0.05, 0.1) is 16.2 Å². The number of rotatable bonds is 4. The third kappa shape index (κ3) is 3.77. The number of hydrogen-bond acceptors (Lipinski definition) is 3. The predicted octanol–water partition coefficient (Wildman–Crippen LogP) is 2.55. The quantitative estimate of drug-likeness (QED) is 0.866. The molecule has 0 aliphatic carbocycles. The van der Waals surface area contributed by atoms with E-state index >= 15 is 0 Å². The van der Waals surface area contributed by atoms with Crippen molar-refractivity contribution in [3.8, 4) is 0 Å². The SMILES string of the molecule is CSC1(C(N)=S)CCN(C(=O)Cc2ccc(C)cc2)CC1. The van der Waals surface area contributed by atoms with Gasteiger partial charge in [-0.25, -0.2) is 0 Å². The second-order valence-electron chi connectivity index (χ2n) is 5.61. The first-order valence-electron chi connectivity index (χ1n) is 7.15. The zero-order chi connectivity index (χ0) is 15.5. The van der Waals surface area contributed by atoms with Gasteiger partial charge >= 0.3 is 0 Å². The maximum Gasteiger partial charge on any atom is 0.226 e. The van der Waals surface area contributed by atoms with Crippen LogP contribution in [0.1, 0.15) is 24.0 Å². The molecule has 0 spiro atoms. The molecule has 1 aliphatic rings. The van der Waals surface area contributed by atoms with Gasteiger partial charge < -0.3 is 10.6 Å². The summed E-state index contributed by atoms with van der Waals surface area (Å²) in [6.07, 6.45) is 4.22. The van der Waals surface area contributed by atoms with Crippen LogP contribution in [0.2, 0.25) is 0 Å². The Kier molecular flexibility index (Phi) is 5.27. The number of aryl methyl sites for hydroxylation is 1. The fourth-order valence-electron chi connectivity index (χ4n) is 2.66. The number of benzene rings is 1. The van der Waals surface area contributed by atoms with E-state index in [1.54, 1.807) is 11.8 Å². The second-order valence-corrected chi connectivity index (χ2v) is 7.24. The fourth-order valence-corrected chi connectivity index (χ4v) is 3.91. The molecule has 0 saturated carbocycles. The minimum absolute atomic E-state index is 0.129. The molecule has 0 unspecified atom stereocenters. The number of hydrogen-bond donors (Lipinski definition) is 1. The van der Waals surface area contributed by atoms with Crippen molar-refractivity contribution in [1.29, 1.82) is 0 Å². The van der Waals surface area contributed by atoms with Gasteiger partial charge in [0, 0.05) is 13.1 Å². The highest BCUT2D eigenvalue weighted by Gasteiger charge is 2.37.